The van der Waals surface area contributed by atoms with Crippen molar-refractivity contribution in [2.45, 2.75) is 60.3 Å². The van der Waals surface area contributed by atoms with Gasteiger partial charge in [0.1, 0.15) is 11.3 Å². The van der Waals surface area contributed by atoms with Crippen LogP contribution in [0.4, 0.5) is 0 Å². The normalized spacial score (nSPS) is 12.4. The molecule has 3 heterocycles. The van der Waals surface area contributed by atoms with Gasteiger partial charge in [-0.2, -0.15) is 0 Å². The van der Waals surface area contributed by atoms with Gasteiger partial charge in [-0.15, -0.1) is 11.3 Å². The highest BCUT2D eigenvalue weighted by Gasteiger charge is 2.21. The van der Waals surface area contributed by atoms with Crippen LogP contribution in [0.1, 0.15) is 56.4 Å². The molecule has 6 aromatic rings. The number of aryl methyl sites for hydroxylation is 2. The first-order valence-electron chi connectivity index (χ1n) is 13.6. The van der Waals surface area contributed by atoms with Crippen LogP contribution < -0.4 is 0 Å². The fraction of sp³-hybridized carbons (Fsp3) is 0.286. The maximum absolute atomic E-state index is 6.23. The Balaban J connectivity index is 1.57. The van der Waals surface area contributed by atoms with Gasteiger partial charge in [-0.05, 0) is 88.7 Å². The molecule has 0 radical (unpaired) electrons. The zero-order chi connectivity index (χ0) is 26.8. The molecular formula is C35H35NOS. The molecule has 192 valence electrons. The summed E-state index contributed by atoms with van der Waals surface area (Å²) in [6, 6.07) is 24.5. The summed E-state index contributed by atoms with van der Waals surface area (Å²) in [5.74, 6) is 1.52. The van der Waals surface area contributed by atoms with E-state index in [9.17, 15) is 0 Å². The molecule has 0 bridgehead atoms. The van der Waals surface area contributed by atoms with Crippen LogP contribution in [0.5, 0.6) is 0 Å². The van der Waals surface area contributed by atoms with Crippen LogP contribution in [0, 0.1) is 19.8 Å². The van der Waals surface area contributed by atoms with E-state index in [1.807, 2.05) is 18.3 Å². The van der Waals surface area contributed by atoms with Crippen molar-refractivity contribution in [3.63, 3.8) is 0 Å². The van der Waals surface area contributed by atoms with Crippen molar-refractivity contribution in [3.8, 4) is 22.4 Å². The van der Waals surface area contributed by atoms with Crippen LogP contribution in [-0.2, 0) is 11.8 Å². The molecule has 0 spiro atoms. The summed E-state index contributed by atoms with van der Waals surface area (Å²) in [6.07, 6.45) is 1.12. The molecule has 0 aliphatic rings. The predicted molar refractivity (Wildman–Crippen MR) is 164 cm³/mol. The molecule has 0 unspecified atom stereocenters. The topological polar surface area (TPSA) is 26.0 Å². The van der Waals surface area contributed by atoms with Gasteiger partial charge in [-0.3, -0.25) is 0 Å². The monoisotopic (exact) mass is 517 g/mol. The summed E-state index contributed by atoms with van der Waals surface area (Å²) in [5, 5.41) is 3.94. The molecule has 3 heteroatoms. The quantitative estimate of drug-likeness (QED) is 0.232. The minimum absolute atomic E-state index is 0.0184. The number of thiophene rings is 1. The highest BCUT2D eigenvalue weighted by molar-refractivity contribution is 7.19. The summed E-state index contributed by atoms with van der Waals surface area (Å²) >= 11 is 1.90. The minimum Gasteiger partial charge on any atom is -0.459 e. The Hall–Kier alpha value is -3.43. The summed E-state index contributed by atoms with van der Waals surface area (Å²) in [6.45, 7) is 15.7. The maximum atomic E-state index is 6.23. The van der Waals surface area contributed by atoms with E-state index in [2.05, 4.69) is 108 Å². The van der Waals surface area contributed by atoms with Gasteiger partial charge in [0.2, 0.25) is 0 Å². The molecule has 0 aliphatic carbocycles. The average Bonchev–Trinajstić information content (AvgIpc) is 3.39. The first kappa shape index (κ1) is 24.9. The molecule has 2 nitrogen and oxygen atoms in total. The van der Waals surface area contributed by atoms with Crippen LogP contribution in [0.15, 0.2) is 71.1 Å². The first-order valence-corrected chi connectivity index (χ1v) is 14.4. The summed E-state index contributed by atoms with van der Waals surface area (Å²) in [5.41, 5.74) is 9.01. The van der Waals surface area contributed by atoms with E-state index >= 15 is 0 Å². The number of fused-ring (bicyclic) bond motifs is 3. The second-order valence-corrected chi connectivity index (χ2v) is 13.3. The Labute approximate surface area is 229 Å². The lowest BCUT2D eigenvalue weighted by atomic mass is 9.82. The summed E-state index contributed by atoms with van der Waals surface area (Å²) in [4.78, 5) is 6.53. The van der Waals surface area contributed by atoms with E-state index in [1.165, 1.54) is 42.4 Å². The van der Waals surface area contributed by atoms with Crippen molar-refractivity contribution < 1.29 is 4.42 Å². The van der Waals surface area contributed by atoms with Gasteiger partial charge in [0.15, 0.2) is 5.58 Å². The summed E-state index contributed by atoms with van der Waals surface area (Å²) in [7, 11) is 0. The molecule has 0 amide bonds. The molecule has 0 atom stereocenters. The van der Waals surface area contributed by atoms with Gasteiger partial charge in [-0.1, -0.05) is 71.0 Å². The highest BCUT2D eigenvalue weighted by atomic mass is 32.1. The lowest BCUT2D eigenvalue weighted by molar-refractivity contribution is 0.579. The minimum atomic E-state index is 0.0184. The molecule has 3 aromatic heterocycles. The van der Waals surface area contributed by atoms with E-state index in [4.69, 9.17) is 9.40 Å². The van der Waals surface area contributed by atoms with Gasteiger partial charge < -0.3 is 4.42 Å². The Morgan fingerprint density at radius 2 is 1.66 bits per heavy atom. The number of rotatable bonds is 4. The number of nitrogens with zero attached hydrogens (tertiary/aromatic N) is 1. The predicted octanol–water partition coefficient (Wildman–Crippen LogP) is 10.6. The molecule has 0 N–H and O–H groups in total. The molecule has 0 saturated heterocycles. The van der Waals surface area contributed by atoms with E-state index in [0.29, 0.717) is 5.92 Å². The standard InChI is InChI=1S/C35H35NOS/c1-20(2)14-28-22(4)38-33-18-24(12-13-27(28)33)29-19-31(36-32-15-21(3)37-34(29)32)25-16-23-10-8-9-11-26(23)30(17-25)35(5,6)7/h8-13,15-20H,14H2,1-7H3. The zero-order valence-corrected chi connectivity index (χ0v) is 24.2. The Bertz CT molecular complexity index is 1830. The van der Waals surface area contributed by atoms with Gasteiger partial charge >= 0.3 is 0 Å². The second-order valence-electron chi connectivity index (χ2n) is 12.1. The van der Waals surface area contributed by atoms with Crippen molar-refractivity contribution in [1.82, 2.24) is 4.98 Å². The van der Waals surface area contributed by atoms with Crippen molar-refractivity contribution in [2.75, 3.05) is 0 Å². The number of hydrogen-bond donors (Lipinski definition) is 0. The third-order valence-corrected chi connectivity index (χ3v) is 8.60. The number of hydrogen-bond acceptors (Lipinski definition) is 3. The fourth-order valence-electron chi connectivity index (χ4n) is 5.68. The lowest BCUT2D eigenvalue weighted by Crippen LogP contribution is -2.12. The second kappa shape index (κ2) is 9.10. The van der Waals surface area contributed by atoms with Crippen LogP contribution in [0.25, 0.3) is 54.3 Å². The highest BCUT2D eigenvalue weighted by Crippen LogP contribution is 2.40. The van der Waals surface area contributed by atoms with Crippen molar-refractivity contribution in [3.05, 3.63) is 88.5 Å². The lowest BCUT2D eigenvalue weighted by Gasteiger charge is -2.23. The summed E-state index contributed by atoms with van der Waals surface area (Å²) < 4.78 is 7.57. The van der Waals surface area contributed by atoms with Crippen molar-refractivity contribution >= 4 is 43.3 Å². The molecule has 38 heavy (non-hydrogen) atoms. The molecule has 0 saturated carbocycles. The molecule has 6 rings (SSSR count). The van der Waals surface area contributed by atoms with Crippen LogP contribution in [-0.4, -0.2) is 4.98 Å². The van der Waals surface area contributed by atoms with Crippen molar-refractivity contribution in [2.24, 2.45) is 5.92 Å². The number of benzene rings is 3. The van der Waals surface area contributed by atoms with E-state index in [1.54, 1.807) is 0 Å². The Kier molecular flexibility index (Phi) is 5.96. The first-order chi connectivity index (χ1) is 18.1. The molecule has 3 aromatic carbocycles. The Morgan fingerprint density at radius 3 is 2.42 bits per heavy atom. The van der Waals surface area contributed by atoms with E-state index in [-0.39, 0.29) is 5.41 Å². The zero-order valence-electron chi connectivity index (χ0n) is 23.4. The van der Waals surface area contributed by atoms with Gasteiger partial charge in [0, 0.05) is 26.8 Å². The maximum Gasteiger partial charge on any atom is 0.160 e. The number of aromatic nitrogens is 1. The molecule has 0 aliphatic heterocycles. The van der Waals surface area contributed by atoms with Gasteiger partial charge in [0.25, 0.3) is 0 Å². The SMILES string of the molecule is Cc1cc2nc(-c3cc(C(C)(C)C)c4ccccc4c3)cc(-c3ccc4c(CC(C)C)c(C)sc4c3)c2o1. The van der Waals surface area contributed by atoms with Crippen molar-refractivity contribution in [1.29, 1.82) is 0 Å². The van der Waals surface area contributed by atoms with Gasteiger partial charge in [-0.25, -0.2) is 4.98 Å². The van der Waals surface area contributed by atoms with Crippen LogP contribution >= 0.6 is 11.3 Å². The molecule has 0 fully saturated rings. The van der Waals surface area contributed by atoms with Crippen LogP contribution in [0.2, 0.25) is 0 Å². The number of furan rings is 1. The van der Waals surface area contributed by atoms with Gasteiger partial charge in [0.05, 0.1) is 5.69 Å². The molecular weight excluding hydrogens is 482 g/mol. The van der Waals surface area contributed by atoms with E-state index < -0.39 is 0 Å². The fourth-order valence-corrected chi connectivity index (χ4v) is 6.82. The third-order valence-electron chi connectivity index (χ3n) is 7.49. The number of pyridine rings is 1. The average molecular weight is 518 g/mol. The largest absolute Gasteiger partial charge is 0.459 e. The Morgan fingerprint density at radius 1 is 0.868 bits per heavy atom. The van der Waals surface area contributed by atoms with Crippen LogP contribution in [0.3, 0.4) is 0 Å². The third kappa shape index (κ3) is 4.33. The van der Waals surface area contributed by atoms with E-state index in [0.717, 1.165) is 40.1 Å². The smallest absolute Gasteiger partial charge is 0.160 e.